The highest BCUT2D eigenvalue weighted by Gasteiger charge is 2.18. The Morgan fingerprint density at radius 3 is 2.61 bits per heavy atom. The molecule has 188 valence electrons. The summed E-state index contributed by atoms with van der Waals surface area (Å²) in [4.78, 5) is 19.2. The number of nitrogens with zero attached hydrogens (tertiary/aromatic N) is 5. The summed E-state index contributed by atoms with van der Waals surface area (Å²) in [5, 5.41) is 12.1. The highest BCUT2D eigenvalue weighted by molar-refractivity contribution is 7.98. The van der Waals surface area contributed by atoms with E-state index in [1.54, 1.807) is 37.9 Å². The molecule has 0 saturated carbocycles. The number of carbonyl (C=O) groups is 1. The lowest BCUT2D eigenvalue weighted by molar-refractivity contribution is 0.0791. The van der Waals surface area contributed by atoms with Crippen molar-refractivity contribution in [2.45, 2.75) is 31.2 Å². The topological polar surface area (TPSA) is 82.4 Å². The normalized spacial score (nSPS) is 10.9. The van der Waals surface area contributed by atoms with E-state index < -0.39 is 0 Å². The minimum absolute atomic E-state index is 0.0955. The Bertz CT molecular complexity index is 1350. The smallest absolute Gasteiger partial charge is 0.273 e. The van der Waals surface area contributed by atoms with Crippen molar-refractivity contribution < 1.29 is 14.3 Å². The predicted octanol–water partition coefficient (Wildman–Crippen LogP) is 4.96. The minimum atomic E-state index is -0.0955. The number of amides is 1. The number of benzene rings is 2. The summed E-state index contributed by atoms with van der Waals surface area (Å²) in [5.41, 5.74) is 3.74. The van der Waals surface area contributed by atoms with E-state index in [2.05, 4.69) is 38.8 Å². The first kappa shape index (κ1) is 25.7. The molecule has 36 heavy (non-hydrogen) atoms. The lowest BCUT2D eigenvalue weighted by Crippen LogP contribution is -2.29. The number of carbonyl (C=O) groups excluding carboxylic acids is 1. The van der Waals surface area contributed by atoms with Gasteiger partial charge in [0.25, 0.3) is 5.91 Å². The van der Waals surface area contributed by atoms with Gasteiger partial charge in [0, 0.05) is 19.0 Å². The van der Waals surface area contributed by atoms with Gasteiger partial charge in [-0.15, -0.1) is 21.5 Å². The molecule has 2 heterocycles. The third-order valence-electron chi connectivity index (χ3n) is 5.78. The second-order valence-corrected chi connectivity index (χ2v) is 10.1. The molecule has 0 bridgehead atoms. The summed E-state index contributed by atoms with van der Waals surface area (Å²) in [5.74, 6) is 2.71. The summed E-state index contributed by atoms with van der Waals surface area (Å²) in [6.07, 6.45) is 0.698. The fraction of sp³-hybridized carbons (Fsp3) is 0.308. The number of rotatable bonds is 10. The van der Waals surface area contributed by atoms with E-state index in [9.17, 15) is 4.79 Å². The van der Waals surface area contributed by atoms with Gasteiger partial charge in [0.15, 0.2) is 16.7 Å². The van der Waals surface area contributed by atoms with Crippen LogP contribution in [0.4, 0.5) is 0 Å². The molecule has 0 unspecified atom stereocenters. The molecular weight excluding hydrogens is 494 g/mol. The van der Waals surface area contributed by atoms with E-state index in [-0.39, 0.29) is 5.91 Å². The molecule has 0 saturated heterocycles. The van der Waals surface area contributed by atoms with Crippen molar-refractivity contribution in [2.24, 2.45) is 0 Å². The van der Waals surface area contributed by atoms with Gasteiger partial charge in [0.1, 0.15) is 16.5 Å². The summed E-state index contributed by atoms with van der Waals surface area (Å²) >= 11 is 3.04. The quantitative estimate of drug-likeness (QED) is 0.272. The van der Waals surface area contributed by atoms with Gasteiger partial charge >= 0.3 is 0 Å². The van der Waals surface area contributed by atoms with Crippen LogP contribution in [0.1, 0.15) is 32.4 Å². The Labute approximate surface area is 219 Å². The number of thiazole rings is 1. The third kappa shape index (κ3) is 5.71. The fourth-order valence-electron chi connectivity index (χ4n) is 3.76. The number of methoxy groups -OCH3 is 2. The number of aromatic nitrogens is 4. The molecule has 8 nitrogen and oxygen atoms in total. The van der Waals surface area contributed by atoms with E-state index in [1.807, 2.05) is 42.6 Å². The second-order valence-electron chi connectivity index (χ2n) is 8.23. The Morgan fingerprint density at radius 2 is 1.86 bits per heavy atom. The average Bonchev–Trinajstić information content (AvgIpc) is 3.52. The molecule has 0 spiro atoms. The Kier molecular flexibility index (Phi) is 8.27. The van der Waals surface area contributed by atoms with Crippen LogP contribution < -0.4 is 9.47 Å². The molecular formula is C26H29N5O3S2. The first-order chi connectivity index (χ1) is 17.4. The zero-order valence-electron chi connectivity index (χ0n) is 21.0. The van der Waals surface area contributed by atoms with Crippen molar-refractivity contribution >= 4 is 29.0 Å². The molecule has 0 aliphatic rings. The fourth-order valence-corrected chi connectivity index (χ4v) is 5.54. The van der Waals surface area contributed by atoms with Crippen LogP contribution in [0.2, 0.25) is 0 Å². The van der Waals surface area contributed by atoms with Crippen LogP contribution in [0.3, 0.4) is 0 Å². The number of para-hydroxylation sites is 1. The van der Waals surface area contributed by atoms with Gasteiger partial charge in [0.05, 0.1) is 25.7 Å². The van der Waals surface area contributed by atoms with Gasteiger partial charge in [-0.3, -0.25) is 9.36 Å². The molecule has 2 aromatic carbocycles. The maximum absolute atomic E-state index is 12.9. The first-order valence-corrected chi connectivity index (χ1v) is 13.3. The summed E-state index contributed by atoms with van der Waals surface area (Å²) < 4.78 is 12.7. The average molecular weight is 524 g/mol. The maximum Gasteiger partial charge on any atom is 0.273 e. The van der Waals surface area contributed by atoms with Crippen molar-refractivity contribution in [2.75, 3.05) is 27.8 Å². The van der Waals surface area contributed by atoms with E-state index in [0.29, 0.717) is 35.9 Å². The van der Waals surface area contributed by atoms with Gasteiger partial charge in [-0.2, -0.15) is 0 Å². The van der Waals surface area contributed by atoms with E-state index in [1.165, 1.54) is 11.3 Å². The molecule has 0 atom stereocenters. The van der Waals surface area contributed by atoms with Crippen molar-refractivity contribution in [3.05, 3.63) is 75.5 Å². The lowest BCUT2D eigenvalue weighted by Gasteiger charge is -2.16. The molecule has 4 rings (SSSR count). The van der Waals surface area contributed by atoms with Gasteiger partial charge in [0.2, 0.25) is 0 Å². The molecule has 0 N–H and O–H groups in total. The standard InChI is InChI=1S/C26H29N5O3S2/c1-17-8-6-7-9-21(17)31-18(2)28-29-26(31)36-16-24-27-20(15-35-24)25(32)30(3)13-12-19-10-11-22(33-4)23(14-19)34-5/h6-11,14-15H,12-13,16H2,1-5H3. The molecule has 10 heteroatoms. The highest BCUT2D eigenvalue weighted by atomic mass is 32.2. The van der Waals surface area contributed by atoms with E-state index >= 15 is 0 Å². The highest BCUT2D eigenvalue weighted by Crippen LogP contribution is 2.29. The van der Waals surface area contributed by atoms with E-state index in [4.69, 9.17) is 9.47 Å². The van der Waals surface area contributed by atoms with Crippen molar-refractivity contribution in [1.29, 1.82) is 0 Å². The summed E-state index contributed by atoms with van der Waals surface area (Å²) in [7, 11) is 5.02. The van der Waals surface area contributed by atoms with Crippen LogP contribution in [-0.4, -0.2) is 58.4 Å². The minimum Gasteiger partial charge on any atom is -0.493 e. The predicted molar refractivity (Wildman–Crippen MR) is 143 cm³/mol. The van der Waals surface area contributed by atoms with Crippen molar-refractivity contribution in [3.63, 3.8) is 0 Å². The maximum atomic E-state index is 12.9. The molecule has 0 aliphatic heterocycles. The Morgan fingerprint density at radius 1 is 1.08 bits per heavy atom. The van der Waals surface area contributed by atoms with Crippen LogP contribution >= 0.6 is 23.1 Å². The van der Waals surface area contributed by atoms with Crippen molar-refractivity contribution in [3.8, 4) is 17.2 Å². The van der Waals surface area contributed by atoms with Crippen LogP contribution in [0.25, 0.3) is 5.69 Å². The van der Waals surface area contributed by atoms with E-state index in [0.717, 1.165) is 32.8 Å². The number of aryl methyl sites for hydroxylation is 2. The zero-order chi connectivity index (χ0) is 25.7. The van der Waals surface area contributed by atoms with Gasteiger partial charge in [-0.1, -0.05) is 36.0 Å². The van der Waals surface area contributed by atoms with Crippen LogP contribution in [-0.2, 0) is 12.2 Å². The molecule has 0 aliphatic carbocycles. The van der Waals surface area contributed by atoms with Crippen LogP contribution in [0.15, 0.2) is 53.0 Å². The molecule has 1 amide bonds. The lowest BCUT2D eigenvalue weighted by atomic mass is 10.1. The third-order valence-corrected chi connectivity index (χ3v) is 7.75. The zero-order valence-corrected chi connectivity index (χ0v) is 22.7. The SMILES string of the molecule is COc1ccc(CCN(C)C(=O)c2csc(CSc3nnc(C)n3-c3ccccc3C)n2)cc1OC. The number of ether oxygens (including phenoxy) is 2. The number of hydrogen-bond acceptors (Lipinski definition) is 8. The largest absolute Gasteiger partial charge is 0.493 e. The van der Waals surface area contributed by atoms with Gasteiger partial charge < -0.3 is 14.4 Å². The molecule has 0 radical (unpaired) electrons. The Hall–Kier alpha value is -3.37. The summed E-state index contributed by atoms with van der Waals surface area (Å²) in [6, 6.07) is 14.0. The second kappa shape index (κ2) is 11.6. The Balaban J connectivity index is 1.37. The summed E-state index contributed by atoms with van der Waals surface area (Å²) in [6.45, 7) is 4.58. The monoisotopic (exact) mass is 523 g/mol. The number of hydrogen-bond donors (Lipinski definition) is 0. The van der Waals surface area contributed by atoms with Crippen LogP contribution in [0.5, 0.6) is 11.5 Å². The molecule has 2 aromatic heterocycles. The first-order valence-electron chi connectivity index (χ1n) is 11.4. The molecule has 0 fully saturated rings. The van der Waals surface area contributed by atoms with Gasteiger partial charge in [-0.05, 0) is 49.6 Å². The van der Waals surface area contributed by atoms with Crippen molar-refractivity contribution in [1.82, 2.24) is 24.6 Å². The number of thioether (sulfide) groups is 1. The molecule has 4 aromatic rings. The van der Waals surface area contributed by atoms with Crippen LogP contribution in [0, 0.1) is 13.8 Å². The van der Waals surface area contributed by atoms with Gasteiger partial charge in [-0.25, -0.2) is 4.98 Å². The number of likely N-dealkylation sites (N-methyl/N-ethyl adjacent to an activating group) is 1.